The largest absolute Gasteiger partial charge is 0.496 e. The van der Waals surface area contributed by atoms with E-state index in [4.69, 9.17) is 10.5 Å². The Hall–Kier alpha value is -2.24. The number of ether oxygens (including phenoxy) is 2. The second-order valence-corrected chi connectivity index (χ2v) is 4.26. The molecule has 6 nitrogen and oxygen atoms in total. The molecule has 1 amide bonds. The van der Waals surface area contributed by atoms with Crippen LogP contribution in [0.3, 0.4) is 0 Å². The van der Waals surface area contributed by atoms with Gasteiger partial charge in [-0.15, -0.1) is 0 Å². The van der Waals surface area contributed by atoms with Crippen LogP contribution in [0.5, 0.6) is 5.75 Å². The van der Waals surface area contributed by atoms with E-state index in [1.165, 1.54) is 19.1 Å². The zero-order valence-corrected chi connectivity index (χ0v) is 12.0. The quantitative estimate of drug-likeness (QED) is 0.627. The molecule has 0 spiro atoms. The first-order valence-corrected chi connectivity index (χ1v) is 6.33. The SMILES string of the molecule is CCCN(CC(=O)OC)C(=O)c1ccc(N)cc1OC. The Bertz CT molecular complexity index is 488. The van der Waals surface area contributed by atoms with E-state index in [1.54, 1.807) is 18.2 Å². The molecule has 0 unspecified atom stereocenters. The van der Waals surface area contributed by atoms with Crippen LogP contribution < -0.4 is 10.5 Å². The van der Waals surface area contributed by atoms with E-state index in [9.17, 15) is 9.59 Å². The number of methoxy groups -OCH3 is 2. The minimum atomic E-state index is -0.457. The van der Waals surface area contributed by atoms with Crippen molar-refractivity contribution in [2.45, 2.75) is 13.3 Å². The lowest BCUT2D eigenvalue weighted by molar-refractivity contribution is -0.141. The summed E-state index contributed by atoms with van der Waals surface area (Å²) < 4.78 is 9.77. The van der Waals surface area contributed by atoms with Crippen molar-refractivity contribution < 1.29 is 19.1 Å². The number of benzene rings is 1. The predicted octanol–water partition coefficient (Wildman–Crippen LogP) is 1.30. The predicted molar refractivity (Wildman–Crippen MR) is 75.6 cm³/mol. The molecule has 0 saturated heterocycles. The molecule has 0 atom stereocenters. The van der Waals surface area contributed by atoms with Crippen molar-refractivity contribution in [3.63, 3.8) is 0 Å². The van der Waals surface area contributed by atoms with Crippen molar-refractivity contribution in [3.8, 4) is 5.75 Å². The first-order valence-electron chi connectivity index (χ1n) is 6.33. The lowest BCUT2D eigenvalue weighted by atomic mass is 10.1. The minimum Gasteiger partial charge on any atom is -0.496 e. The summed E-state index contributed by atoms with van der Waals surface area (Å²) in [6.07, 6.45) is 0.736. The summed E-state index contributed by atoms with van der Waals surface area (Å²) in [5.74, 6) is -0.351. The summed E-state index contributed by atoms with van der Waals surface area (Å²) in [6, 6.07) is 4.80. The summed E-state index contributed by atoms with van der Waals surface area (Å²) >= 11 is 0. The number of rotatable bonds is 6. The van der Waals surface area contributed by atoms with Crippen LogP contribution in [0, 0.1) is 0 Å². The molecule has 20 heavy (non-hydrogen) atoms. The molecule has 6 heteroatoms. The highest BCUT2D eigenvalue weighted by molar-refractivity contribution is 5.98. The van der Waals surface area contributed by atoms with Crippen LogP contribution >= 0.6 is 0 Å². The highest BCUT2D eigenvalue weighted by Crippen LogP contribution is 2.23. The van der Waals surface area contributed by atoms with Gasteiger partial charge >= 0.3 is 5.97 Å². The van der Waals surface area contributed by atoms with E-state index in [2.05, 4.69) is 4.74 Å². The van der Waals surface area contributed by atoms with Crippen molar-refractivity contribution in [1.82, 2.24) is 4.90 Å². The Balaban J connectivity index is 3.02. The molecule has 0 bridgehead atoms. The van der Waals surface area contributed by atoms with Crippen LogP contribution in [0.15, 0.2) is 18.2 Å². The van der Waals surface area contributed by atoms with Gasteiger partial charge in [0.15, 0.2) is 0 Å². The van der Waals surface area contributed by atoms with Crippen molar-refractivity contribution in [3.05, 3.63) is 23.8 Å². The van der Waals surface area contributed by atoms with Crippen LogP contribution in [-0.4, -0.2) is 44.1 Å². The third-order valence-corrected chi connectivity index (χ3v) is 2.78. The number of esters is 1. The fourth-order valence-corrected chi connectivity index (χ4v) is 1.80. The van der Waals surface area contributed by atoms with Crippen LogP contribution in [-0.2, 0) is 9.53 Å². The molecule has 1 aromatic carbocycles. The normalized spacial score (nSPS) is 9.95. The van der Waals surface area contributed by atoms with Gasteiger partial charge in [0.25, 0.3) is 5.91 Å². The third kappa shape index (κ3) is 3.88. The zero-order valence-electron chi connectivity index (χ0n) is 12.0. The Kier molecular flexibility index (Phi) is 5.83. The van der Waals surface area contributed by atoms with Gasteiger partial charge in [-0.25, -0.2) is 0 Å². The summed E-state index contributed by atoms with van der Waals surface area (Å²) in [4.78, 5) is 25.3. The summed E-state index contributed by atoms with van der Waals surface area (Å²) in [5, 5.41) is 0. The molecule has 0 aliphatic rings. The zero-order chi connectivity index (χ0) is 15.1. The lowest BCUT2D eigenvalue weighted by Gasteiger charge is -2.22. The van der Waals surface area contributed by atoms with E-state index < -0.39 is 5.97 Å². The molecule has 110 valence electrons. The second kappa shape index (κ2) is 7.37. The number of hydrogen-bond donors (Lipinski definition) is 1. The number of nitrogens with zero attached hydrogens (tertiary/aromatic N) is 1. The highest BCUT2D eigenvalue weighted by atomic mass is 16.5. The molecule has 0 aromatic heterocycles. The number of carbonyl (C=O) groups excluding carboxylic acids is 2. The second-order valence-electron chi connectivity index (χ2n) is 4.26. The van der Waals surface area contributed by atoms with Crippen molar-refractivity contribution in [2.24, 2.45) is 0 Å². The maximum absolute atomic E-state index is 12.5. The fraction of sp³-hybridized carbons (Fsp3) is 0.429. The van der Waals surface area contributed by atoms with Gasteiger partial charge in [0.05, 0.1) is 19.8 Å². The number of nitrogen functional groups attached to an aromatic ring is 1. The molecule has 1 aromatic rings. The van der Waals surface area contributed by atoms with Gasteiger partial charge in [0.1, 0.15) is 12.3 Å². The van der Waals surface area contributed by atoms with Crippen LogP contribution in [0.1, 0.15) is 23.7 Å². The number of amides is 1. The fourth-order valence-electron chi connectivity index (χ4n) is 1.80. The summed E-state index contributed by atoms with van der Waals surface area (Å²) in [6.45, 7) is 2.30. The van der Waals surface area contributed by atoms with E-state index in [0.717, 1.165) is 6.42 Å². The van der Waals surface area contributed by atoms with Crippen LogP contribution in [0.4, 0.5) is 5.69 Å². The first kappa shape index (κ1) is 15.8. The standard InChI is InChI=1S/C14H20N2O4/c1-4-7-16(9-13(17)20-3)14(18)11-6-5-10(15)8-12(11)19-2/h5-6,8H,4,7,9,15H2,1-3H3. The highest BCUT2D eigenvalue weighted by Gasteiger charge is 2.21. The van der Waals surface area contributed by atoms with Crippen molar-refractivity contribution in [2.75, 3.05) is 33.0 Å². The molecule has 0 aliphatic carbocycles. The smallest absolute Gasteiger partial charge is 0.325 e. The number of hydrogen-bond acceptors (Lipinski definition) is 5. The average molecular weight is 280 g/mol. The maximum atomic E-state index is 12.5. The molecule has 1 rings (SSSR count). The minimum absolute atomic E-state index is 0.0866. The number of nitrogens with two attached hydrogens (primary N) is 1. The Morgan fingerprint density at radius 1 is 1.30 bits per heavy atom. The average Bonchev–Trinajstić information content (AvgIpc) is 2.45. The molecule has 0 aliphatic heterocycles. The molecule has 0 heterocycles. The molecule has 0 saturated carbocycles. The van der Waals surface area contributed by atoms with Gasteiger partial charge in [0, 0.05) is 18.3 Å². The molecule has 0 fully saturated rings. The van der Waals surface area contributed by atoms with Gasteiger partial charge in [0.2, 0.25) is 0 Å². The van der Waals surface area contributed by atoms with Crippen LogP contribution in [0.2, 0.25) is 0 Å². The van der Waals surface area contributed by atoms with Crippen molar-refractivity contribution in [1.29, 1.82) is 0 Å². The van der Waals surface area contributed by atoms with Gasteiger partial charge in [-0.3, -0.25) is 9.59 Å². The first-order chi connectivity index (χ1) is 9.53. The van der Waals surface area contributed by atoms with E-state index in [-0.39, 0.29) is 12.5 Å². The molecule has 0 radical (unpaired) electrons. The van der Waals surface area contributed by atoms with E-state index in [0.29, 0.717) is 23.5 Å². The summed E-state index contributed by atoms with van der Waals surface area (Å²) in [5.41, 5.74) is 6.54. The van der Waals surface area contributed by atoms with Crippen molar-refractivity contribution >= 4 is 17.6 Å². The van der Waals surface area contributed by atoms with E-state index in [1.807, 2.05) is 6.92 Å². The molecular weight excluding hydrogens is 260 g/mol. The Labute approximate surface area is 118 Å². The maximum Gasteiger partial charge on any atom is 0.325 e. The van der Waals surface area contributed by atoms with Gasteiger partial charge in [-0.05, 0) is 18.6 Å². The topological polar surface area (TPSA) is 81.9 Å². The number of carbonyl (C=O) groups is 2. The monoisotopic (exact) mass is 280 g/mol. The van der Waals surface area contributed by atoms with Gasteiger partial charge in [-0.2, -0.15) is 0 Å². The van der Waals surface area contributed by atoms with Gasteiger partial charge < -0.3 is 20.1 Å². The Morgan fingerprint density at radius 3 is 2.55 bits per heavy atom. The molecule has 2 N–H and O–H groups in total. The third-order valence-electron chi connectivity index (χ3n) is 2.78. The summed E-state index contributed by atoms with van der Waals surface area (Å²) in [7, 11) is 2.76. The molecular formula is C14H20N2O4. The van der Waals surface area contributed by atoms with E-state index >= 15 is 0 Å². The Morgan fingerprint density at radius 2 is 2.00 bits per heavy atom. The van der Waals surface area contributed by atoms with Gasteiger partial charge in [-0.1, -0.05) is 6.92 Å². The number of anilines is 1. The lowest BCUT2D eigenvalue weighted by Crippen LogP contribution is -2.37. The van der Waals surface area contributed by atoms with Crippen LogP contribution in [0.25, 0.3) is 0 Å².